The molecule has 1 aliphatic rings. The van der Waals surface area contributed by atoms with Gasteiger partial charge in [0, 0.05) is 37.3 Å². The number of carbonyl (C=O) groups is 1. The van der Waals surface area contributed by atoms with Gasteiger partial charge in [-0.25, -0.2) is 4.98 Å². The molecule has 1 N–H and O–H groups in total. The summed E-state index contributed by atoms with van der Waals surface area (Å²) in [5, 5.41) is 14.4. The molecule has 0 spiro atoms. The highest BCUT2D eigenvalue weighted by atomic mass is 32.1. The largest absolute Gasteiger partial charge is 0.354 e. The van der Waals surface area contributed by atoms with Crippen LogP contribution in [0.5, 0.6) is 0 Å². The molecule has 1 atom stereocenters. The van der Waals surface area contributed by atoms with Gasteiger partial charge in [0.1, 0.15) is 5.82 Å². The third kappa shape index (κ3) is 5.29. The van der Waals surface area contributed by atoms with Gasteiger partial charge in [-0.15, -0.1) is 11.3 Å². The quantitative estimate of drug-likeness (QED) is 0.648. The SMILES string of the molecule is Cc1ccc(C(NC(=O)CN2CCN(c3cc(C#N)ccn3)CC2)c2cccs2)cc1. The van der Waals surface area contributed by atoms with Crippen molar-refractivity contribution in [2.75, 3.05) is 37.6 Å². The summed E-state index contributed by atoms with van der Waals surface area (Å²) in [5.74, 6) is 0.845. The minimum absolute atomic E-state index is 0.0250. The van der Waals surface area contributed by atoms with Crippen LogP contribution in [0, 0.1) is 18.3 Å². The van der Waals surface area contributed by atoms with Crippen LogP contribution in [0.25, 0.3) is 0 Å². The summed E-state index contributed by atoms with van der Waals surface area (Å²) < 4.78 is 0. The lowest BCUT2D eigenvalue weighted by Gasteiger charge is -2.35. The highest BCUT2D eigenvalue weighted by Gasteiger charge is 2.23. The maximum absolute atomic E-state index is 12.9. The van der Waals surface area contributed by atoms with Crippen LogP contribution in [0.3, 0.4) is 0 Å². The highest BCUT2D eigenvalue weighted by Crippen LogP contribution is 2.26. The fourth-order valence-electron chi connectivity index (χ4n) is 3.74. The van der Waals surface area contributed by atoms with Crippen LogP contribution in [-0.4, -0.2) is 48.5 Å². The van der Waals surface area contributed by atoms with Gasteiger partial charge in [0.05, 0.1) is 24.2 Å². The Morgan fingerprint density at radius 2 is 1.97 bits per heavy atom. The van der Waals surface area contributed by atoms with Gasteiger partial charge >= 0.3 is 0 Å². The topological polar surface area (TPSA) is 72.3 Å². The first-order valence-corrected chi connectivity index (χ1v) is 11.2. The molecule has 158 valence electrons. The number of nitrogens with zero attached hydrogens (tertiary/aromatic N) is 4. The number of hydrogen-bond acceptors (Lipinski definition) is 6. The molecule has 1 amide bonds. The summed E-state index contributed by atoms with van der Waals surface area (Å²) in [6, 6.07) is 18.0. The molecule has 0 saturated carbocycles. The number of pyridine rings is 1. The predicted molar refractivity (Wildman–Crippen MR) is 123 cm³/mol. The van der Waals surface area contributed by atoms with Crippen LogP contribution in [0.2, 0.25) is 0 Å². The van der Waals surface area contributed by atoms with Gasteiger partial charge in [-0.05, 0) is 36.1 Å². The van der Waals surface area contributed by atoms with Crippen molar-refractivity contribution in [3.05, 3.63) is 81.7 Å². The number of hydrogen-bond donors (Lipinski definition) is 1. The number of rotatable bonds is 6. The third-order valence-corrected chi connectivity index (χ3v) is 6.42. The van der Waals surface area contributed by atoms with E-state index in [2.05, 4.69) is 63.4 Å². The van der Waals surface area contributed by atoms with E-state index in [4.69, 9.17) is 5.26 Å². The van der Waals surface area contributed by atoms with E-state index in [1.807, 2.05) is 17.5 Å². The minimum atomic E-state index is -0.132. The van der Waals surface area contributed by atoms with Crippen molar-refractivity contribution in [2.45, 2.75) is 13.0 Å². The molecule has 0 bridgehead atoms. The Bertz CT molecular complexity index is 1050. The van der Waals surface area contributed by atoms with E-state index in [0.717, 1.165) is 42.4 Å². The second-order valence-electron chi connectivity index (χ2n) is 7.70. The normalized spacial score (nSPS) is 15.3. The zero-order valence-corrected chi connectivity index (χ0v) is 18.3. The maximum Gasteiger partial charge on any atom is 0.234 e. The monoisotopic (exact) mass is 431 g/mol. The molecular weight excluding hydrogens is 406 g/mol. The molecule has 31 heavy (non-hydrogen) atoms. The molecule has 1 saturated heterocycles. The Kier molecular flexibility index (Phi) is 6.60. The fraction of sp³-hybridized carbons (Fsp3) is 0.292. The van der Waals surface area contributed by atoms with Gasteiger partial charge in [0.15, 0.2) is 0 Å². The number of nitrogens with one attached hydrogen (secondary N) is 1. The Morgan fingerprint density at radius 1 is 1.19 bits per heavy atom. The van der Waals surface area contributed by atoms with Gasteiger partial charge in [-0.1, -0.05) is 35.9 Å². The molecule has 0 aliphatic carbocycles. The first kappa shape index (κ1) is 21.0. The van der Waals surface area contributed by atoms with Gasteiger partial charge < -0.3 is 10.2 Å². The zero-order valence-electron chi connectivity index (χ0n) is 17.5. The van der Waals surface area contributed by atoms with Crippen molar-refractivity contribution in [3.63, 3.8) is 0 Å². The summed E-state index contributed by atoms with van der Waals surface area (Å²) in [5.41, 5.74) is 2.91. The number of benzene rings is 1. The minimum Gasteiger partial charge on any atom is -0.354 e. The van der Waals surface area contributed by atoms with Crippen molar-refractivity contribution in [2.24, 2.45) is 0 Å². The van der Waals surface area contributed by atoms with E-state index in [0.29, 0.717) is 12.1 Å². The Morgan fingerprint density at radius 3 is 2.65 bits per heavy atom. The summed E-state index contributed by atoms with van der Waals surface area (Å²) in [6.45, 7) is 5.55. The Balaban J connectivity index is 1.35. The molecule has 1 unspecified atom stereocenters. The van der Waals surface area contributed by atoms with Crippen molar-refractivity contribution < 1.29 is 4.79 Å². The summed E-state index contributed by atoms with van der Waals surface area (Å²) >= 11 is 1.65. The van der Waals surface area contributed by atoms with E-state index < -0.39 is 0 Å². The number of aromatic nitrogens is 1. The molecular formula is C24H25N5OS. The second kappa shape index (κ2) is 9.73. The van der Waals surface area contributed by atoms with E-state index in [9.17, 15) is 4.79 Å². The van der Waals surface area contributed by atoms with E-state index in [-0.39, 0.29) is 11.9 Å². The van der Waals surface area contributed by atoms with Crippen molar-refractivity contribution in [1.82, 2.24) is 15.2 Å². The van der Waals surface area contributed by atoms with E-state index in [1.54, 1.807) is 23.6 Å². The van der Waals surface area contributed by atoms with Gasteiger partial charge in [-0.3, -0.25) is 9.69 Å². The van der Waals surface area contributed by atoms with Gasteiger partial charge in [0.25, 0.3) is 0 Å². The zero-order chi connectivity index (χ0) is 21.6. The van der Waals surface area contributed by atoms with Crippen molar-refractivity contribution in [1.29, 1.82) is 5.26 Å². The number of thiophene rings is 1. The van der Waals surface area contributed by atoms with Gasteiger partial charge in [0.2, 0.25) is 5.91 Å². The number of anilines is 1. The molecule has 3 heterocycles. The van der Waals surface area contributed by atoms with Crippen LogP contribution in [-0.2, 0) is 4.79 Å². The smallest absolute Gasteiger partial charge is 0.234 e. The maximum atomic E-state index is 12.9. The average molecular weight is 432 g/mol. The van der Waals surface area contributed by atoms with Crippen LogP contribution in [0.1, 0.15) is 27.6 Å². The number of aryl methyl sites for hydroxylation is 1. The first-order chi connectivity index (χ1) is 15.1. The summed E-state index contributed by atoms with van der Waals surface area (Å²) in [7, 11) is 0. The molecule has 7 heteroatoms. The molecule has 1 aliphatic heterocycles. The molecule has 1 aromatic carbocycles. The number of piperazine rings is 1. The number of carbonyl (C=O) groups excluding carboxylic acids is 1. The third-order valence-electron chi connectivity index (χ3n) is 5.48. The molecule has 4 rings (SSSR count). The molecule has 0 radical (unpaired) electrons. The van der Waals surface area contributed by atoms with Crippen LogP contribution >= 0.6 is 11.3 Å². The summed E-state index contributed by atoms with van der Waals surface area (Å²) in [6.07, 6.45) is 1.67. The lowest BCUT2D eigenvalue weighted by Crippen LogP contribution is -2.50. The second-order valence-corrected chi connectivity index (χ2v) is 8.68. The summed E-state index contributed by atoms with van der Waals surface area (Å²) in [4.78, 5) is 22.7. The van der Waals surface area contributed by atoms with Crippen LogP contribution < -0.4 is 10.2 Å². The molecule has 6 nitrogen and oxygen atoms in total. The highest BCUT2D eigenvalue weighted by molar-refractivity contribution is 7.10. The standard InChI is InChI=1S/C24H25N5OS/c1-18-4-6-20(7-5-18)24(21-3-2-14-31-21)27-23(30)17-28-10-12-29(13-11-28)22-15-19(16-25)8-9-26-22/h2-9,14-15,24H,10-13,17H2,1H3,(H,27,30). The van der Waals surface area contributed by atoms with Crippen molar-refractivity contribution >= 4 is 23.1 Å². The fourth-order valence-corrected chi connectivity index (χ4v) is 4.54. The van der Waals surface area contributed by atoms with Crippen LogP contribution in [0.15, 0.2) is 60.1 Å². The molecule has 1 fully saturated rings. The van der Waals surface area contributed by atoms with Crippen LogP contribution in [0.4, 0.5) is 5.82 Å². The first-order valence-electron chi connectivity index (χ1n) is 10.3. The predicted octanol–water partition coefficient (Wildman–Crippen LogP) is 3.35. The molecule has 3 aromatic rings. The lowest BCUT2D eigenvalue weighted by atomic mass is 10.0. The average Bonchev–Trinajstić information content (AvgIpc) is 3.33. The van der Waals surface area contributed by atoms with Crippen molar-refractivity contribution in [3.8, 4) is 6.07 Å². The number of amides is 1. The lowest BCUT2D eigenvalue weighted by molar-refractivity contribution is -0.122. The van der Waals surface area contributed by atoms with E-state index >= 15 is 0 Å². The Labute approximate surface area is 186 Å². The number of nitriles is 1. The molecule has 2 aromatic heterocycles. The van der Waals surface area contributed by atoms with E-state index in [1.165, 1.54) is 5.56 Å². The Hall–Kier alpha value is -3.21. The van der Waals surface area contributed by atoms with Gasteiger partial charge in [-0.2, -0.15) is 5.26 Å².